The highest BCUT2D eigenvalue weighted by molar-refractivity contribution is 5.98. The number of aromatic nitrogens is 2. The van der Waals surface area contributed by atoms with Crippen LogP contribution in [0.3, 0.4) is 0 Å². The molecule has 21 heavy (non-hydrogen) atoms. The zero-order valence-electron chi connectivity index (χ0n) is 12.9. The van der Waals surface area contributed by atoms with Crippen LogP contribution in [0.2, 0.25) is 0 Å². The van der Waals surface area contributed by atoms with E-state index in [1.165, 1.54) is 0 Å². The molecular formula is C14H21N3O4. The van der Waals surface area contributed by atoms with Gasteiger partial charge in [-0.05, 0) is 20.3 Å². The molecule has 0 saturated carbocycles. The van der Waals surface area contributed by atoms with E-state index in [1.54, 1.807) is 25.7 Å². The Hall–Kier alpha value is -1.92. The minimum Gasteiger partial charge on any atom is -0.465 e. The largest absolute Gasteiger partial charge is 0.465 e. The average Bonchev–Trinajstić information content (AvgIpc) is 2.83. The molecule has 2 heterocycles. The van der Waals surface area contributed by atoms with E-state index < -0.39 is 11.9 Å². The summed E-state index contributed by atoms with van der Waals surface area (Å²) in [7, 11) is 0. The number of hydrogen-bond donors (Lipinski definition) is 0. The van der Waals surface area contributed by atoms with Crippen molar-refractivity contribution >= 4 is 11.9 Å². The molecule has 0 spiro atoms. The molecule has 1 fully saturated rings. The van der Waals surface area contributed by atoms with Gasteiger partial charge in [0, 0.05) is 20.0 Å². The van der Waals surface area contributed by atoms with Crippen LogP contribution in [-0.2, 0) is 19.7 Å². The van der Waals surface area contributed by atoms with E-state index in [4.69, 9.17) is 9.15 Å². The topological polar surface area (TPSA) is 85.5 Å². The van der Waals surface area contributed by atoms with Gasteiger partial charge in [0.2, 0.25) is 17.7 Å². The molecule has 7 heteroatoms. The van der Waals surface area contributed by atoms with Gasteiger partial charge in [-0.1, -0.05) is 6.92 Å². The van der Waals surface area contributed by atoms with Crippen molar-refractivity contribution in [2.24, 2.45) is 5.92 Å². The van der Waals surface area contributed by atoms with Crippen LogP contribution in [-0.4, -0.2) is 46.7 Å². The predicted molar refractivity (Wildman–Crippen MR) is 73.4 cm³/mol. The fraction of sp³-hybridized carbons (Fsp3) is 0.714. The molecule has 0 aromatic carbocycles. The molecule has 0 radical (unpaired) electrons. The van der Waals surface area contributed by atoms with Crippen LogP contribution in [0, 0.1) is 12.8 Å². The molecule has 1 saturated heterocycles. The summed E-state index contributed by atoms with van der Waals surface area (Å²) in [6.45, 7) is 8.46. The van der Waals surface area contributed by atoms with E-state index in [1.807, 2.05) is 6.92 Å². The number of amides is 1. The van der Waals surface area contributed by atoms with Gasteiger partial charge >= 0.3 is 5.97 Å². The third-order valence-electron chi connectivity index (χ3n) is 3.71. The quantitative estimate of drug-likeness (QED) is 0.596. The minimum atomic E-state index is -0.723. The maximum atomic E-state index is 12.4. The normalized spacial score (nSPS) is 18.0. The Morgan fingerprint density at radius 2 is 2.05 bits per heavy atom. The fourth-order valence-electron chi connectivity index (χ4n) is 2.53. The molecular weight excluding hydrogens is 274 g/mol. The zero-order chi connectivity index (χ0) is 15.6. The minimum absolute atomic E-state index is 0.190. The van der Waals surface area contributed by atoms with Gasteiger partial charge in [0.25, 0.3) is 0 Å². The van der Waals surface area contributed by atoms with Crippen molar-refractivity contribution in [3.8, 4) is 0 Å². The highest BCUT2D eigenvalue weighted by Gasteiger charge is 2.48. The van der Waals surface area contributed by atoms with Crippen LogP contribution in [0.15, 0.2) is 4.42 Å². The number of rotatable bonds is 5. The van der Waals surface area contributed by atoms with Gasteiger partial charge in [-0.25, -0.2) is 0 Å². The summed E-state index contributed by atoms with van der Waals surface area (Å²) in [5.74, 6) is -0.321. The molecule has 116 valence electrons. The van der Waals surface area contributed by atoms with Gasteiger partial charge in [0.15, 0.2) is 0 Å². The SMILES string of the molecule is CCOC(=O)C(CC)C(=O)N1CC(C)(c2nnc(C)o2)C1. The van der Waals surface area contributed by atoms with Gasteiger partial charge in [-0.15, -0.1) is 10.2 Å². The van der Waals surface area contributed by atoms with E-state index in [9.17, 15) is 9.59 Å². The Bertz CT molecular complexity index is 534. The number of hydrogen-bond acceptors (Lipinski definition) is 6. The summed E-state index contributed by atoms with van der Waals surface area (Å²) in [5, 5.41) is 7.83. The Labute approximate surface area is 123 Å². The van der Waals surface area contributed by atoms with Crippen LogP contribution in [0.1, 0.15) is 39.0 Å². The van der Waals surface area contributed by atoms with Crippen molar-refractivity contribution in [1.82, 2.24) is 15.1 Å². The van der Waals surface area contributed by atoms with E-state index >= 15 is 0 Å². The van der Waals surface area contributed by atoms with Crippen molar-refractivity contribution in [1.29, 1.82) is 0 Å². The van der Waals surface area contributed by atoms with E-state index in [2.05, 4.69) is 10.2 Å². The van der Waals surface area contributed by atoms with Crippen molar-refractivity contribution < 1.29 is 18.7 Å². The molecule has 0 N–H and O–H groups in total. The van der Waals surface area contributed by atoms with Crippen molar-refractivity contribution in [3.05, 3.63) is 11.8 Å². The number of aryl methyl sites for hydroxylation is 1. The molecule has 1 aromatic heterocycles. The van der Waals surface area contributed by atoms with Gasteiger partial charge in [-0.3, -0.25) is 9.59 Å². The zero-order valence-corrected chi connectivity index (χ0v) is 12.9. The summed E-state index contributed by atoms with van der Waals surface area (Å²) in [6, 6.07) is 0. The molecule has 1 aliphatic heterocycles. The molecule has 1 unspecified atom stereocenters. The van der Waals surface area contributed by atoms with Crippen molar-refractivity contribution in [2.75, 3.05) is 19.7 Å². The second kappa shape index (κ2) is 5.83. The number of ether oxygens (including phenoxy) is 1. The number of esters is 1. The van der Waals surface area contributed by atoms with Gasteiger partial charge in [0.05, 0.1) is 12.0 Å². The maximum Gasteiger partial charge on any atom is 0.318 e. The van der Waals surface area contributed by atoms with E-state index in [0.717, 1.165) is 0 Å². The molecule has 0 aliphatic carbocycles. The number of likely N-dealkylation sites (tertiary alicyclic amines) is 1. The fourth-order valence-corrected chi connectivity index (χ4v) is 2.53. The first-order chi connectivity index (χ1) is 9.91. The van der Waals surface area contributed by atoms with E-state index in [0.29, 0.717) is 31.3 Å². The standard InChI is InChI=1S/C14H21N3O4/c1-5-10(12(19)20-6-2)11(18)17-7-14(4,8-17)13-16-15-9(3)21-13/h10H,5-8H2,1-4H3. The Balaban J connectivity index is 1.99. The highest BCUT2D eigenvalue weighted by atomic mass is 16.5. The maximum absolute atomic E-state index is 12.4. The third kappa shape index (κ3) is 2.91. The second-order valence-electron chi connectivity index (χ2n) is 5.59. The van der Waals surface area contributed by atoms with Crippen LogP contribution in [0.4, 0.5) is 0 Å². The smallest absolute Gasteiger partial charge is 0.318 e. The lowest BCUT2D eigenvalue weighted by Crippen LogP contribution is -2.61. The summed E-state index contributed by atoms with van der Waals surface area (Å²) in [5.41, 5.74) is -0.329. The Morgan fingerprint density at radius 1 is 1.38 bits per heavy atom. The van der Waals surface area contributed by atoms with Gasteiger partial charge in [0.1, 0.15) is 5.92 Å². The predicted octanol–water partition coefficient (Wildman–Crippen LogP) is 1.07. The van der Waals surface area contributed by atoms with Crippen LogP contribution < -0.4 is 0 Å². The van der Waals surface area contributed by atoms with Crippen LogP contribution >= 0.6 is 0 Å². The van der Waals surface area contributed by atoms with Gasteiger partial charge in [-0.2, -0.15) is 0 Å². The van der Waals surface area contributed by atoms with Crippen LogP contribution in [0.25, 0.3) is 0 Å². The second-order valence-corrected chi connectivity index (χ2v) is 5.59. The first-order valence-corrected chi connectivity index (χ1v) is 7.17. The summed E-state index contributed by atoms with van der Waals surface area (Å²) in [6.07, 6.45) is 0.435. The first-order valence-electron chi connectivity index (χ1n) is 7.17. The summed E-state index contributed by atoms with van der Waals surface area (Å²) < 4.78 is 10.4. The molecule has 1 aromatic rings. The number of carbonyl (C=O) groups is 2. The Kier molecular flexibility index (Phi) is 4.29. The van der Waals surface area contributed by atoms with Gasteiger partial charge < -0.3 is 14.1 Å². The monoisotopic (exact) mass is 295 g/mol. The van der Waals surface area contributed by atoms with Crippen LogP contribution in [0.5, 0.6) is 0 Å². The molecule has 1 amide bonds. The lowest BCUT2D eigenvalue weighted by molar-refractivity contribution is -0.159. The highest BCUT2D eigenvalue weighted by Crippen LogP contribution is 2.34. The molecule has 2 rings (SSSR count). The van der Waals surface area contributed by atoms with Crippen molar-refractivity contribution in [2.45, 2.75) is 39.5 Å². The molecule has 1 atom stereocenters. The molecule has 0 bridgehead atoms. The third-order valence-corrected chi connectivity index (χ3v) is 3.71. The molecule has 7 nitrogen and oxygen atoms in total. The summed E-state index contributed by atoms with van der Waals surface area (Å²) >= 11 is 0. The lowest BCUT2D eigenvalue weighted by atomic mass is 9.81. The molecule has 1 aliphatic rings. The first kappa shape index (κ1) is 15.5. The Morgan fingerprint density at radius 3 is 2.52 bits per heavy atom. The number of carbonyl (C=O) groups excluding carboxylic acids is 2. The lowest BCUT2D eigenvalue weighted by Gasteiger charge is -2.46. The average molecular weight is 295 g/mol. The number of nitrogens with zero attached hydrogens (tertiary/aromatic N) is 3. The van der Waals surface area contributed by atoms with E-state index in [-0.39, 0.29) is 17.9 Å². The van der Waals surface area contributed by atoms with Crippen molar-refractivity contribution in [3.63, 3.8) is 0 Å². The summed E-state index contributed by atoms with van der Waals surface area (Å²) in [4.78, 5) is 25.8.